The Morgan fingerprint density at radius 2 is 2.06 bits per heavy atom. The summed E-state index contributed by atoms with van der Waals surface area (Å²) < 4.78 is 0.784. The molecule has 0 atom stereocenters. The van der Waals surface area contributed by atoms with Crippen LogP contribution in [0.2, 0.25) is 0 Å². The molecule has 1 fully saturated rings. The van der Waals surface area contributed by atoms with Gasteiger partial charge in [0.1, 0.15) is 0 Å². The molecule has 1 aliphatic rings. The van der Waals surface area contributed by atoms with E-state index in [1.54, 1.807) is 0 Å². The molecule has 2 rings (SSSR count). The Morgan fingerprint density at radius 3 is 2.61 bits per heavy atom. The van der Waals surface area contributed by atoms with Crippen molar-refractivity contribution in [3.63, 3.8) is 0 Å². The van der Waals surface area contributed by atoms with Gasteiger partial charge in [0.2, 0.25) is 0 Å². The number of carbonyl (C=O) groups is 1. The number of rotatable bonds is 5. The van der Waals surface area contributed by atoms with Crippen LogP contribution in [0.5, 0.6) is 0 Å². The smallest absolute Gasteiger partial charge is 0.318 e. The number of halogens is 1. The molecule has 4 heteroatoms. The number of urea groups is 1. The van der Waals surface area contributed by atoms with E-state index in [1.807, 2.05) is 35.2 Å². The zero-order valence-electron chi connectivity index (χ0n) is 10.2. The summed E-state index contributed by atoms with van der Waals surface area (Å²) in [4.78, 5) is 14.0. The van der Waals surface area contributed by atoms with Gasteiger partial charge in [0.05, 0.1) is 6.54 Å². The standard InChI is InChI=1S/C14H17BrN2O/c1-11(15)9-16-14(18)17(13-7-8-13)10-12-5-3-2-4-6-12/h2-6,13H,1,7-10H2,(H,16,18). The lowest BCUT2D eigenvalue weighted by Crippen LogP contribution is -2.41. The largest absolute Gasteiger partial charge is 0.333 e. The van der Waals surface area contributed by atoms with Gasteiger partial charge in [0.15, 0.2) is 0 Å². The number of nitrogens with zero attached hydrogens (tertiary/aromatic N) is 1. The van der Waals surface area contributed by atoms with Crippen molar-refractivity contribution in [2.45, 2.75) is 25.4 Å². The average Bonchev–Trinajstić information content (AvgIpc) is 3.18. The van der Waals surface area contributed by atoms with Gasteiger partial charge in [-0.15, -0.1) is 0 Å². The quantitative estimate of drug-likeness (QED) is 0.889. The number of carbonyl (C=O) groups excluding carboxylic acids is 1. The van der Waals surface area contributed by atoms with Crippen LogP contribution in [0.3, 0.4) is 0 Å². The molecule has 0 aliphatic heterocycles. The van der Waals surface area contributed by atoms with Crippen molar-refractivity contribution in [2.75, 3.05) is 6.54 Å². The fourth-order valence-electron chi connectivity index (χ4n) is 1.81. The lowest BCUT2D eigenvalue weighted by molar-refractivity contribution is 0.193. The molecule has 0 bridgehead atoms. The maximum atomic E-state index is 12.1. The van der Waals surface area contributed by atoms with Crippen LogP contribution in [0.4, 0.5) is 4.79 Å². The fourth-order valence-corrected chi connectivity index (χ4v) is 1.95. The number of amides is 2. The van der Waals surface area contributed by atoms with Crippen LogP contribution in [0.15, 0.2) is 41.4 Å². The molecule has 1 saturated carbocycles. The van der Waals surface area contributed by atoms with E-state index in [0.29, 0.717) is 19.1 Å². The van der Waals surface area contributed by atoms with Crippen LogP contribution < -0.4 is 5.32 Å². The van der Waals surface area contributed by atoms with Crippen molar-refractivity contribution in [1.82, 2.24) is 10.2 Å². The second-order valence-corrected chi connectivity index (χ2v) is 5.64. The number of nitrogens with one attached hydrogen (secondary N) is 1. The Kier molecular flexibility index (Phi) is 4.42. The molecule has 0 aromatic heterocycles. The average molecular weight is 309 g/mol. The molecule has 0 spiro atoms. The van der Waals surface area contributed by atoms with Gasteiger partial charge in [-0.25, -0.2) is 4.79 Å². The van der Waals surface area contributed by atoms with Crippen LogP contribution in [-0.4, -0.2) is 23.5 Å². The van der Waals surface area contributed by atoms with Gasteiger partial charge in [-0.3, -0.25) is 0 Å². The molecular weight excluding hydrogens is 292 g/mol. The van der Waals surface area contributed by atoms with Gasteiger partial charge in [-0.1, -0.05) is 52.8 Å². The van der Waals surface area contributed by atoms with E-state index in [-0.39, 0.29) is 6.03 Å². The summed E-state index contributed by atoms with van der Waals surface area (Å²) in [5.74, 6) is 0. The fraction of sp³-hybridized carbons (Fsp3) is 0.357. The van der Waals surface area contributed by atoms with Crippen molar-refractivity contribution in [3.05, 3.63) is 47.0 Å². The highest BCUT2D eigenvalue weighted by atomic mass is 79.9. The van der Waals surface area contributed by atoms with Gasteiger partial charge in [-0.2, -0.15) is 0 Å². The third kappa shape index (κ3) is 3.88. The van der Waals surface area contributed by atoms with Crippen LogP contribution in [-0.2, 0) is 6.54 Å². The zero-order valence-corrected chi connectivity index (χ0v) is 11.8. The molecule has 0 heterocycles. The molecule has 0 unspecified atom stereocenters. The highest BCUT2D eigenvalue weighted by Gasteiger charge is 2.32. The molecular formula is C14H17BrN2O. The van der Waals surface area contributed by atoms with Crippen LogP contribution in [0.25, 0.3) is 0 Å². The van der Waals surface area contributed by atoms with Gasteiger partial charge in [0.25, 0.3) is 0 Å². The van der Waals surface area contributed by atoms with E-state index in [9.17, 15) is 4.79 Å². The van der Waals surface area contributed by atoms with Gasteiger partial charge < -0.3 is 10.2 Å². The predicted octanol–water partition coefficient (Wildman–Crippen LogP) is 3.27. The number of benzene rings is 1. The summed E-state index contributed by atoms with van der Waals surface area (Å²) in [6, 6.07) is 10.5. The molecule has 1 aromatic rings. The molecule has 1 aromatic carbocycles. The van der Waals surface area contributed by atoms with E-state index < -0.39 is 0 Å². The minimum absolute atomic E-state index is 0.0121. The minimum Gasteiger partial charge on any atom is -0.333 e. The Hall–Kier alpha value is -1.29. The van der Waals surface area contributed by atoms with Crippen LogP contribution in [0, 0.1) is 0 Å². The second-order valence-electron chi connectivity index (χ2n) is 4.52. The second kappa shape index (κ2) is 6.05. The topological polar surface area (TPSA) is 32.3 Å². The number of hydrogen-bond acceptors (Lipinski definition) is 1. The first-order chi connectivity index (χ1) is 8.66. The first-order valence-corrected chi connectivity index (χ1v) is 6.88. The molecule has 1 N–H and O–H groups in total. The van der Waals surface area contributed by atoms with Crippen molar-refractivity contribution in [3.8, 4) is 0 Å². The summed E-state index contributed by atoms with van der Waals surface area (Å²) in [5, 5.41) is 2.86. The van der Waals surface area contributed by atoms with Crippen LogP contribution >= 0.6 is 15.9 Å². The lowest BCUT2D eigenvalue weighted by atomic mass is 10.2. The molecule has 0 saturated heterocycles. The highest BCUT2D eigenvalue weighted by molar-refractivity contribution is 9.11. The van der Waals surface area contributed by atoms with E-state index >= 15 is 0 Å². The summed E-state index contributed by atoms with van der Waals surface area (Å²) >= 11 is 3.24. The van der Waals surface area contributed by atoms with E-state index in [2.05, 4.69) is 27.8 Å². The SMILES string of the molecule is C=C(Br)CNC(=O)N(Cc1ccccc1)C1CC1. The molecule has 2 amide bonds. The van der Waals surface area contributed by atoms with E-state index in [1.165, 1.54) is 0 Å². The monoisotopic (exact) mass is 308 g/mol. The first kappa shape index (κ1) is 13.1. The molecule has 96 valence electrons. The Bertz CT molecular complexity index is 429. The predicted molar refractivity (Wildman–Crippen MR) is 76.5 cm³/mol. The van der Waals surface area contributed by atoms with Gasteiger partial charge in [0, 0.05) is 17.1 Å². The summed E-state index contributed by atoms with van der Waals surface area (Å²) in [5.41, 5.74) is 1.16. The molecule has 0 radical (unpaired) electrons. The molecule has 18 heavy (non-hydrogen) atoms. The Labute approximate surface area is 116 Å². The first-order valence-electron chi connectivity index (χ1n) is 6.08. The van der Waals surface area contributed by atoms with E-state index in [4.69, 9.17) is 0 Å². The summed E-state index contributed by atoms with van der Waals surface area (Å²) in [6.45, 7) is 4.86. The normalized spacial score (nSPS) is 14.1. The third-order valence-corrected chi connectivity index (χ3v) is 3.16. The van der Waals surface area contributed by atoms with Crippen LogP contribution in [0.1, 0.15) is 18.4 Å². The van der Waals surface area contributed by atoms with Crippen molar-refractivity contribution in [2.24, 2.45) is 0 Å². The number of hydrogen-bond donors (Lipinski definition) is 1. The van der Waals surface area contributed by atoms with E-state index in [0.717, 1.165) is 22.9 Å². The van der Waals surface area contributed by atoms with Crippen molar-refractivity contribution >= 4 is 22.0 Å². The molecule has 1 aliphatic carbocycles. The molecule has 3 nitrogen and oxygen atoms in total. The Morgan fingerprint density at radius 1 is 1.39 bits per heavy atom. The zero-order chi connectivity index (χ0) is 13.0. The maximum Gasteiger partial charge on any atom is 0.318 e. The summed E-state index contributed by atoms with van der Waals surface area (Å²) in [7, 11) is 0. The van der Waals surface area contributed by atoms with Crippen molar-refractivity contribution < 1.29 is 4.79 Å². The summed E-state index contributed by atoms with van der Waals surface area (Å²) in [6.07, 6.45) is 2.21. The maximum absolute atomic E-state index is 12.1. The van der Waals surface area contributed by atoms with Gasteiger partial charge >= 0.3 is 6.03 Å². The third-order valence-electron chi connectivity index (χ3n) is 2.88. The van der Waals surface area contributed by atoms with Crippen molar-refractivity contribution in [1.29, 1.82) is 0 Å². The lowest BCUT2D eigenvalue weighted by Gasteiger charge is -2.23. The minimum atomic E-state index is -0.0121. The highest BCUT2D eigenvalue weighted by Crippen LogP contribution is 2.28. The van der Waals surface area contributed by atoms with Gasteiger partial charge in [-0.05, 0) is 18.4 Å². The Balaban J connectivity index is 1.95.